The topological polar surface area (TPSA) is 0 Å². The zero-order valence-corrected chi connectivity index (χ0v) is 23.1. The van der Waals surface area contributed by atoms with Crippen LogP contribution in [-0.2, 0) is 0 Å². The van der Waals surface area contributed by atoms with E-state index in [-0.39, 0.29) is 0 Å². The third-order valence-electron chi connectivity index (χ3n) is 7.88. The molecule has 1 atom stereocenters. The van der Waals surface area contributed by atoms with Gasteiger partial charge in [0.1, 0.15) is 0 Å². The summed E-state index contributed by atoms with van der Waals surface area (Å²) in [4.78, 5) is 0. The summed E-state index contributed by atoms with van der Waals surface area (Å²) < 4.78 is 0. The Bertz CT molecular complexity index is 506. The molecular weight excluding hydrogens is 384 g/mol. The fourth-order valence-corrected chi connectivity index (χ4v) is 5.82. The van der Waals surface area contributed by atoms with Gasteiger partial charge in [-0.15, -0.1) is 0 Å². The summed E-state index contributed by atoms with van der Waals surface area (Å²) in [5.41, 5.74) is 7.40. The van der Waals surface area contributed by atoms with E-state index in [0.29, 0.717) is 0 Å². The van der Waals surface area contributed by atoms with E-state index in [1.165, 1.54) is 141 Å². The molecule has 1 aliphatic carbocycles. The van der Waals surface area contributed by atoms with Gasteiger partial charge in [-0.25, -0.2) is 0 Å². The summed E-state index contributed by atoms with van der Waals surface area (Å²) >= 11 is 0. The van der Waals surface area contributed by atoms with Crippen LogP contribution in [0.15, 0.2) is 22.3 Å². The molecule has 0 saturated heterocycles. The predicted molar refractivity (Wildman–Crippen MR) is 147 cm³/mol. The molecule has 0 aromatic carbocycles. The lowest BCUT2D eigenvalue weighted by Crippen LogP contribution is -2.04. The molecule has 188 valence electrons. The summed E-state index contributed by atoms with van der Waals surface area (Å²) in [6.07, 6.45) is 30.9. The van der Waals surface area contributed by atoms with Gasteiger partial charge in [0.2, 0.25) is 0 Å². The van der Waals surface area contributed by atoms with Crippen molar-refractivity contribution in [1.82, 2.24) is 0 Å². The molecule has 0 radical (unpaired) electrons. The van der Waals surface area contributed by atoms with Gasteiger partial charge in [0, 0.05) is 5.92 Å². The average molecular weight is 445 g/mol. The van der Waals surface area contributed by atoms with Crippen molar-refractivity contribution in [3.05, 3.63) is 22.3 Å². The molecule has 0 heteroatoms. The second kappa shape index (κ2) is 19.9. The molecule has 0 nitrogen and oxygen atoms in total. The number of rotatable bonds is 22. The lowest BCUT2D eigenvalue weighted by Gasteiger charge is -2.19. The van der Waals surface area contributed by atoms with Gasteiger partial charge in [0.25, 0.3) is 0 Å². The van der Waals surface area contributed by atoms with Crippen LogP contribution in [0.2, 0.25) is 0 Å². The lowest BCUT2D eigenvalue weighted by atomic mass is 9.86. The highest BCUT2D eigenvalue weighted by Gasteiger charge is 2.29. The first-order valence-corrected chi connectivity index (χ1v) is 15.1. The molecule has 0 aromatic heterocycles. The number of unbranched alkanes of at least 4 members (excludes halogenated alkanes) is 14. The first kappa shape index (κ1) is 29.5. The highest BCUT2D eigenvalue weighted by Crippen LogP contribution is 2.46. The maximum absolute atomic E-state index is 2.52. The molecule has 1 aliphatic rings. The van der Waals surface area contributed by atoms with E-state index >= 15 is 0 Å². The smallest absolute Gasteiger partial charge is 0.00160 e. The van der Waals surface area contributed by atoms with Crippen molar-refractivity contribution in [2.75, 3.05) is 0 Å². The maximum Gasteiger partial charge on any atom is 0.00160 e. The van der Waals surface area contributed by atoms with Gasteiger partial charge in [-0.2, -0.15) is 0 Å². The van der Waals surface area contributed by atoms with Crippen LogP contribution in [-0.4, -0.2) is 0 Å². The van der Waals surface area contributed by atoms with Crippen molar-refractivity contribution < 1.29 is 0 Å². The highest BCUT2D eigenvalue weighted by atomic mass is 14.3. The van der Waals surface area contributed by atoms with E-state index in [4.69, 9.17) is 0 Å². The van der Waals surface area contributed by atoms with Gasteiger partial charge in [-0.1, -0.05) is 135 Å². The predicted octanol–water partition coefficient (Wildman–Crippen LogP) is 11.9. The van der Waals surface area contributed by atoms with E-state index in [1.807, 2.05) is 16.7 Å². The van der Waals surface area contributed by atoms with Crippen LogP contribution in [0.3, 0.4) is 0 Å². The molecule has 0 aromatic rings. The van der Waals surface area contributed by atoms with Crippen LogP contribution >= 0.6 is 0 Å². The molecule has 0 N–H and O–H groups in total. The van der Waals surface area contributed by atoms with Gasteiger partial charge in [0.05, 0.1) is 0 Å². The molecule has 1 unspecified atom stereocenters. The summed E-state index contributed by atoms with van der Waals surface area (Å²) in [5.74, 6) is 0.795. The summed E-state index contributed by atoms with van der Waals surface area (Å²) in [7, 11) is 0. The Labute approximate surface area is 204 Å². The van der Waals surface area contributed by atoms with Crippen LogP contribution in [0, 0.1) is 5.92 Å². The van der Waals surface area contributed by atoms with E-state index < -0.39 is 0 Å². The molecule has 0 heterocycles. The first-order chi connectivity index (χ1) is 15.7. The third kappa shape index (κ3) is 11.6. The summed E-state index contributed by atoms with van der Waals surface area (Å²) in [5, 5.41) is 0. The van der Waals surface area contributed by atoms with Crippen LogP contribution in [0.25, 0.3) is 0 Å². The zero-order chi connectivity index (χ0) is 23.4. The molecule has 0 fully saturated rings. The van der Waals surface area contributed by atoms with E-state index in [1.54, 1.807) is 5.57 Å². The molecule has 32 heavy (non-hydrogen) atoms. The largest absolute Gasteiger partial charge is 0.0654 e. The fraction of sp³-hybridized carbons (Fsp3) is 0.875. The standard InChI is InChI=1S/C32H60/c1-6-10-14-17-18-19-23-27-32-29(24-20-13-9-4)28(5)30(25-21-15-11-7-2)31(32)26-22-16-12-8-3/h29H,6-27H2,1-5H3. The quantitative estimate of drug-likeness (QED) is 0.146. The van der Waals surface area contributed by atoms with Crippen molar-refractivity contribution in [2.45, 2.75) is 176 Å². The van der Waals surface area contributed by atoms with Crippen molar-refractivity contribution in [3.8, 4) is 0 Å². The Hall–Kier alpha value is -0.520. The second-order valence-corrected chi connectivity index (χ2v) is 10.7. The van der Waals surface area contributed by atoms with Crippen molar-refractivity contribution >= 4 is 0 Å². The second-order valence-electron chi connectivity index (χ2n) is 10.7. The summed E-state index contributed by atoms with van der Waals surface area (Å²) in [6, 6.07) is 0. The van der Waals surface area contributed by atoms with Gasteiger partial charge in [0.15, 0.2) is 0 Å². The Morgan fingerprint density at radius 2 is 0.844 bits per heavy atom. The molecule has 0 amide bonds. The van der Waals surface area contributed by atoms with Crippen LogP contribution < -0.4 is 0 Å². The van der Waals surface area contributed by atoms with Crippen LogP contribution in [0.1, 0.15) is 176 Å². The minimum atomic E-state index is 0.795. The molecular formula is C32H60. The maximum atomic E-state index is 2.52. The van der Waals surface area contributed by atoms with Crippen LogP contribution in [0.5, 0.6) is 0 Å². The average Bonchev–Trinajstić information content (AvgIpc) is 3.04. The van der Waals surface area contributed by atoms with Crippen molar-refractivity contribution in [1.29, 1.82) is 0 Å². The number of allylic oxidation sites excluding steroid dienone is 4. The zero-order valence-electron chi connectivity index (χ0n) is 23.1. The van der Waals surface area contributed by atoms with E-state index in [2.05, 4.69) is 34.6 Å². The van der Waals surface area contributed by atoms with Gasteiger partial charge in [-0.3, -0.25) is 0 Å². The number of hydrogen-bond donors (Lipinski definition) is 0. The fourth-order valence-electron chi connectivity index (χ4n) is 5.82. The Morgan fingerprint density at radius 1 is 0.438 bits per heavy atom. The minimum absolute atomic E-state index is 0.795. The Balaban J connectivity index is 2.86. The Morgan fingerprint density at radius 3 is 1.41 bits per heavy atom. The molecule has 0 saturated carbocycles. The van der Waals surface area contributed by atoms with Crippen molar-refractivity contribution in [3.63, 3.8) is 0 Å². The number of hydrogen-bond acceptors (Lipinski definition) is 0. The van der Waals surface area contributed by atoms with Gasteiger partial charge in [-0.05, 0) is 63.0 Å². The molecule has 0 spiro atoms. The SMILES string of the molecule is CCCCCCCCCC1=C(CCCCCC)C(CCCCCC)=C(C)C1CCCCC. The van der Waals surface area contributed by atoms with Gasteiger partial charge >= 0.3 is 0 Å². The van der Waals surface area contributed by atoms with E-state index in [0.717, 1.165) is 5.92 Å². The minimum Gasteiger partial charge on any atom is -0.0654 e. The molecule has 0 aliphatic heterocycles. The van der Waals surface area contributed by atoms with Gasteiger partial charge < -0.3 is 0 Å². The van der Waals surface area contributed by atoms with Crippen LogP contribution in [0.4, 0.5) is 0 Å². The Kier molecular flexibility index (Phi) is 18.4. The first-order valence-electron chi connectivity index (χ1n) is 15.1. The normalized spacial score (nSPS) is 16.6. The lowest BCUT2D eigenvalue weighted by molar-refractivity contribution is 0.539. The molecule has 0 bridgehead atoms. The summed E-state index contributed by atoms with van der Waals surface area (Å²) in [6.45, 7) is 11.9. The molecule has 1 rings (SSSR count). The van der Waals surface area contributed by atoms with Crippen molar-refractivity contribution in [2.24, 2.45) is 5.92 Å². The monoisotopic (exact) mass is 444 g/mol. The third-order valence-corrected chi connectivity index (χ3v) is 7.88. The van der Waals surface area contributed by atoms with E-state index in [9.17, 15) is 0 Å². The highest BCUT2D eigenvalue weighted by molar-refractivity contribution is 5.49.